The van der Waals surface area contributed by atoms with Crippen LogP contribution >= 0.6 is 0 Å². The lowest BCUT2D eigenvalue weighted by Crippen LogP contribution is -2.44. The summed E-state index contributed by atoms with van der Waals surface area (Å²) in [5.74, 6) is 1.73. The average molecular weight is 377 g/mol. The number of alkyl carbamates (subject to hydrolysis) is 1. The molecule has 1 amide bonds. The Bertz CT molecular complexity index is 668. The van der Waals surface area contributed by atoms with Gasteiger partial charge in [-0.25, -0.2) is 9.78 Å². The van der Waals surface area contributed by atoms with Gasteiger partial charge in [0.05, 0.1) is 18.3 Å². The number of carbonyl (C=O) groups excluding carboxylic acids is 1. The van der Waals surface area contributed by atoms with Crippen molar-refractivity contribution >= 4 is 17.9 Å². The fourth-order valence-corrected chi connectivity index (χ4v) is 2.86. The van der Waals surface area contributed by atoms with Gasteiger partial charge < -0.3 is 25.2 Å². The number of aliphatic imine (C=N–C) groups is 1. The van der Waals surface area contributed by atoms with Gasteiger partial charge in [0.2, 0.25) is 0 Å². The lowest BCUT2D eigenvalue weighted by molar-refractivity contribution is 0.0507. The van der Waals surface area contributed by atoms with Crippen molar-refractivity contribution < 1.29 is 9.53 Å². The fraction of sp³-hybridized carbons (Fsp3) is 0.632. The number of nitrogens with zero attached hydrogens (tertiary/aromatic N) is 4. The maximum absolute atomic E-state index is 11.9. The maximum Gasteiger partial charge on any atom is 0.407 e. The topological polar surface area (TPSA) is 82.1 Å². The summed E-state index contributed by atoms with van der Waals surface area (Å²) in [6, 6.07) is 6.02. The third-order valence-corrected chi connectivity index (χ3v) is 4.10. The molecule has 2 heterocycles. The van der Waals surface area contributed by atoms with Gasteiger partial charge in [0.15, 0.2) is 5.96 Å². The van der Waals surface area contributed by atoms with E-state index in [1.807, 2.05) is 58.0 Å². The highest BCUT2D eigenvalue weighted by molar-refractivity contribution is 5.80. The lowest BCUT2D eigenvalue weighted by atomic mass is 10.2. The zero-order chi connectivity index (χ0) is 20.0. The predicted octanol–water partition coefficient (Wildman–Crippen LogP) is 1.82. The van der Waals surface area contributed by atoms with Crippen molar-refractivity contribution in [1.29, 1.82) is 0 Å². The first kappa shape index (κ1) is 20.8. The molecular formula is C19H32N6O2. The maximum atomic E-state index is 11.9. The number of guanidine groups is 1. The van der Waals surface area contributed by atoms with Crippen molar-refractivity contribution in [1.82, 2.24) is 20.5 Å². The number of anilines is 1. The number of carbonyl (C=O) groups is 1. The number of nitrogens with one attached hydrogen (secondary N) is 2. The van der Waals surface area contributed by atoms with Crippen LogP contribution in [0.1, 0.15) is 32.9 Å². The van der Waals surface area contributed by atoms with Crippen LogP contribution < -0.4 is 15.5 Å². The molecule has 0 aromatic carbocycles. The molecule has 2 rings (SSSR count). The number of pyridine rings is 1. The van der Waals surface area contributed by atoms with Crippen LogP contribution in [0.5, 0.6) is 0 Å². The molecule has 150 valence electrons. The Morgan fingerprint density at radius 1 is 1.41 bits per heavy atom. The van der Waals surface area contributed by atoms with E-state index in [-0.39, 0.29) is 12.1 Å². The molecule has 8 heteroatoms. The molecule has 1 fully saturated rings. The largest absolute Gasteiger partial charge is 0.444 e. The van der Waals surface area contributed by atoms with Crippen LogP contribution in [0.2, 0.25) is 0 Å². The molecule has 0 aliphatic carbocycles. The van der Waals surface area contributed by atoms with Gasteiger partial charge in [0.25, 0.3) is 0 Å². The number of ether oxygens (including phenoxy) is 1. The second kappa shape index (κ2) is 8.92. The molecule has 0 saturated carbocycles. The molecule has 1 aromatic rings. The quantitative estimate of drug-likeness (QED) is 0.616. The van der Waals surface area contributed by atoms with Crippen molar-refractivity contribution in [2.24, 2.45) is 4.99 Å². The SMILES string of the molecule is CN=C(NCc1cccc(N(C)C)n1)N1CCC(NC(=O)OC(C)(C)C)C1. The van der Waals surface area contributed by atoms with Crippen molar-refractivity contribution in [3.05, 3.63) is 23.9 Å². The van der Waals surface area contributed by atoms with Crippen LogP contribution in [0, 0.1) is 0 Å². The fourth-order valence-electron chi connectivity index (χ4n) is 2.86. The smallest absolute Gasteiger partial charge is 0.407 e. The zero-order valence-electron chi connectivity index (χ0n) is 17.2. The van der Waals surface area contributed by atoms with Crippen molar-refractivity contribution in [3.8, 4) is 0 Å². The molecule has 0 bridgehead atoms. The highest BCUT2D eigenvalue weighted by atomic mass is 16.6. The molecule has 0 spiro atoms. The molecule has 0 radical (unpaired) electrons. The molecular weight excluding hydrogens is 344 g/mol. The Morgan fingerprint density at radius 2 is 2.15 bits per heavy atom. The van der Waals surface area contributed by atoms with Crippen LogP contribution in [0.3, 0.4) is 0 Å². The van der Waals surface area contributed by atoms with Crippen molar-refractivity contribution in [3.63, 3.8) is 0 Å². The Morgan fingerprint density at radius 3 is 2.78 bits per heavy atom. The van der Waals surface area contributed by atoms with E-state index in [4.69, 9.17) is 4.74 Å². The van der Waals surface area contributed by atoms with Crippen LogP contribution in [0.25, 0.3) is 0 Å². The molecule has 1 atom stereocenters. The number of likely N-dealkylation sites (tertiary alicyclic amines) is 1. The van der Waals surface area contributed by atoms with Gasteiger partial charge in [0.1, 0.15) is 11.4 Å². The molecule has 1 unspecified atom stereocenters. The summed E-state index contributed by atoms with van der Waals surface area (Å²) >= 11 is 0. The molecule has 2 N–H and O–H groups in total. The summed E-state index contributed by atoms with van der Waals surface area (Å²) < 4.78 is 5.33. The van der Waals surface area contributed by atoms with Crippen molar-refractivity contribution in [2.45, 2.75) is 45.4 Å². The summed E-state index contributed by atoms with van der Waals surface area (Å²) in [5, 5.41) is 6.29. The molecule has 1 saturated heterocycles. The monoisotopic (exact) mass is 376 g/mol. The zero-order valence-corrected chi connectivity index (χ0v) is 17.2. The molecule has 8 nitrogen and oxygen atoms in total. The summed E-state index contributed by atoms with van der Waals surface area (Å²) in [6.07, 6.45) is 0.482. The summed E-state index contributed by atoms with van der Waals surface area (Å²) in [7, 11) is 5.71. The van der Waals surface area contributed by atoms with Crippen LogP contribution in [-0.2, 0) is 11.3 Å². The Labute approximate surface area is 162 Å². The molecule has 1 aliphatic rings. The second-order valence-corrected chi connectivity index (χ2v) is 7.86. The van der Waals surface area contributed by atoms with E-state index in [0.717, 1.165) is 30.4 Å². The third-order valence-electron chi connectivity index (χ3n) is 4.10. The summed E-state index contributed by atoms with van der Waals surface area (Å²) in [5.41, 5.74) is 0.457. The third kappa shape index (κ3) is 6.62. The first-order valence-corrected chi connectivity index (χ1v) is 9.26. The highest BCUT2D eigenvalue weighted by Crippen LogP contribution is 2.12. The average Bonchev–Trinajstić information content (AvgIpc) is 3.02. The first-order valence-electron chi connectivity index (χ1n) is 9.26. The van der Waals surface area contributed by atoms with Gasteiger partial charge in [-0.3, -0.25) is 4.99 Å². The highest BCUT2D eigenvalue weighted by Gasteiger charge is 2.27. The molecule has 1 aromatic heterocycles. The minimum atomic E-state index is -0.492. The minimum absolute atomic E-state index is 0.0496. The van der Waals surface area contributed by atoms with Gasteiger partial charge in [-0.1, -0.05) is 6.07 Å². The van der Waals surface area contributed by atoms with Crippen molar-refractivity contribution in [2.75, 3.05) is 39.1 Å². The number of hydrogen-bond acceptors (Lipinski definition) is 5. The van der Waals surface area contributed by atoms with Crippen LogP contribution in [0.4, 0.5) is 10.6 Å². The van der Waals surface area contributed by atoms with E-state index in [0.29, 0.717) is 13.1 Å². The van der Waals surface area contributed by atoms with E-state index in [1.54, 1.807) is 7.05 Å². The predicted molar refractivity (Wildman–Crippen MR) is 108 cm³/mol. The van der Waals surface area contributed by atoms with E-state index in [1.165, 1.54) is 0 Å². The van der Waals surface area contributed by atoms with Gasteiger partial charge >= 0.3 is 6.09 Å². The van der Waals surface area contributed by atoms with E-state index >= 15 is 0 Å². The van der Waals surface area contributed by atoms with Gasteiger partial charge in [0, 0.05) is 34.2 Å². The van der Waals surface area contributed by atoms with Gasteiger partial charge in [-0.15, -0.1) is 0 Å². The van der Waals surface area contributed by atoms with Gasteiger partial charge in [-0.2, -0.15) is 0 Å². The Balaban J connectivity index is 1.86. The van der Waals surface area contributed by atoms with Gasteiger partial charge in [-0.05, 0) is 39.3 Å². The van der Waals surface area contributed by atoms with E-state index in [9.17, 15) is 4.79 Å². The molecule has 1 aliphatic heterocycles. The normalized spacial score (nSPS) is 17.6. The number of amides is 1. The standard InChI is InChI=1S/C19H32N6O2/c1-19(2,3)27-18(26)23-15-10-11-25(13-15)17(20-4)21-12-14-8-7-9-16(22-14)24(5)6/h7-9,15H,10-13H2,1-6H3,(H,20,21)(H,23,26). The summed E-state index contributed by atoms with van der Waals surface area (Å²) in [4.78, 5) is 25.0. The lowest BCUT2D eigenvalue weighted by Gasteiger charge is -2.23. The second-order valence-electron chi connectivity index (χ2n) is 7.86. The van der Waals surface area contributed by atoms with Crippen LogP contribution in [0.15, 0.2) is 23.2 Å². The number of rotatable bonds is 4. The molecule has 27 heavy (non-hydrogen) atoms. The number of aromatic nitrogens is 1. The number of hydrogen-bond donors (Lipinski definition) is 2. The van der Waals surface area contributed by atoms with Crippen LogP contribution in [-0.4, -0.2) is 67.8 Å². The van der Waals surface area contributed by atoms with E-state index < -0.39 is 5.60 Å². The Kier molecular flexibility index (Phi) is 6.87. The minimum Gasteiger partial charge on any atom is -0.444 e. The summed E-state index contributed by atoms with van der Waals surface area (Å²) in [6.45, 7) is 7.69. The van der Waals surface area contributed by atoms with E-state index in [2.05, 4.69) is 25.5 Å². The Hall–Kier alpha value is -2.51. The first-order chi connectivity index (χ1) is 12.7.